The van der Waals surface area contributed by atoms with E-state index in [0.717, 1.165) is 0 Å². The largest absolute Gasteiger partial charge is 0.162 e. The van der Waals surface area contributed by atoms with Crippen LogP contribution in [-0.2, 0) is 0 Å². The summed E-state index contributed by atoms with van der Waals surface area (Å²) >= 11 is 2.00. The predicted molar refractivity (Wildman–Crippen MR) is 37.6 cm³/mol. The molecule has 0 nitrogen and oxygen atoms in total. The summed E-state index contributed by atoms with van der Waals surface area (Å²) in [5.41, 5.74) is 0. The van der Waals surface area contributed by atoms with Gasteiger partial charge in [-0.2, -0.15) is 11.8 Å². The molecule has 0 amide bonds. The Morgan fingerprint density at radius 3 is 2.71 bits per heavy atom. The molecule has 0 N–H and O–H groups in total. The highest BCUT2D eigenvalue weighted by molar-refractivity contribution is 7.99. The average molecular weight is 117 g/mol. The van der Waals surface area contributed by atoms with E-state index in [1.807, 2.05) is 11.8 Å². The Bertz CT molecular complexity index is 23.4. The quantitative estimate of drug-likeness (QED) is 0.509. The minimum absolute atomic E-state index is 1.26. The first-order valence-corrected chi connectivity index (χ1v) is 3.92. The van der Waals surface area contributed by atoms with Crippen LogP contribution in [0.3, 0.4) is 0 Å². The molecule has 0 aromatic rings. The van der Waals surface area contributed by atoms with Gasteiger partial charge in [-0.15, -0.1) is 0 Å². The number of hydrogen-bond donors (Lipinski definition) is 0. The van der Waals surface area contributed by atoms with Gasteiger partial charge in [0.15, 0.2) is 0 Å². The number of thioether (sulfide) groups is 1. The van der Waals surface area contributed by atoms with Crippen molar-refractivity contribution in [3.63, 3.8) is 0 Å². The summed E-state index contributed by atoms with van der Waals surface area (Å²) in [5, 5.41) is 0. The third-order valence-corrected chi connectivity index (χ3v) is 1.69. The molecule has 0 aliphatic rings. The zero-order chi connectivity index (χ0) is 5.54. The molecule has 0 aliphatic heterocycles. The Morgan fingerprint density at radius 2 is 2.29 bits per heavy atom. The van der Waals surface area contributed by atoms with Crippen molar-refractivity contribution in [1.29, 1.82) is 0 Å². The van der Waals surface area contributed by atoms with Crippen LogP contribution in [0.4, 0.5) is 0 Å². The molecule has 0 fully saturated rings. The first-order chi connectivity index (χ1) is 3.41. The lowest BCUT2D eigenvalue weighted by atomic mass is 10.4. The molecule has 7 heavy (non-hydrogen) atoms. The Kier molecular flexibility index (Phi) is 6.67. The van der Waals surface area contributed by atoms with Gasteiger partial charge >= 0.3 is 0 Å². The smallest absolute Gasteiger partial charge is 0.00650 e. The summed E-state index contributed by atoms with van der Waals surface area (Å²) in [6.45, 7) is 4.30. The van der Waals surface area contributed by atoms with Crippen LogP contribution in [0, 0.1) is 6.42 Å². The average Bonchev–Trinajstić information content (AvgIpc) is 1.69. The van der Waals surface area contributed by atoms with Gasteiger partial charge in [0.05, 0.1) is 0 Å². The molecule has 0 rings (SSSR count). The van der Waals surface area contributed by atoms with E-state index >= 15 is 0 Å². The van der Waals surface area contributed by atoms with Crippen molar-refractivity contribution >= 4 is 11.8 Å². The monoisotopic (exact) mass is 117 g/mol. The van der Waals surface area contributed by atoms with Gasteiger partial charge in [0.25, 0.3) is 0 Å². The van der Waals surface area contributed by atoms with E-state index in [9.17, 15) is 0 Å². The van der Waals surface area contributed by atoms with Crippen LogP contribution in [0.1, 0.15) is 20.3 Å². The second-order valence-corrected chi connectivity index (χ2v) is 2.79. The maximum Gasteiger partial charge on any atom is -0.00650 e. The highest BCUT2D eigenvalue weighted by Crippen LogP contribution is 2.01. The van der Waals surface area contributed by atoms with E-state index < -0.39 is 0 Å². The lowest BCUT2D eigenvalue weighted by molar-refractivity contribution is 1.11. The summed E-state index contributed by atoms with van der Waals surface area (Å²) in [5.74, 6) is 2.56. The fourth-order valence-electron chi connectivity index (χ4n) is 0.346. The van der Waals surface area contributed by atoms with Gasteiger partial charge in [0, 0.05) is 0 Å². The highest BCUT2D eigenvalue weighted by atomic mass is 32.2. The molecule has 0 aromatic heterocycles. The third-order valence-electron chi connectivity index (χ3n) is 0.755. The van der Waals surface area contributed by atoms with Crippen LogP contribution in [0.15, 0.2) is 0 Å². The molecule has 0 spiro atoms. The van der Waals surface area contributed by atoms with Crippen molar-refractivity contribution in [3.05, 3.63) is 6.42 Å². The summed E-state index contributed by atoms with van der Waals surface area (Å²) in [4.78, 5) is 0. The second-order valence-electron chi connectivity index (χ2n) is 1.39. The van der Waals surface area contributed by atoms with E-state index in [4.69, 9.17) is 0 Å². The van der Waals surface area contributed by atoms with Gasteiger partial charge in [-0.25, -0.2) is 0 Å². The van der Waals surface area contributed by atoms with Gasteiger partial charge in [0.1, 0.15) is 0 Å². The summed E-state index contributed by atoms with van der Waals surface area (Å²) in [7, 11) is 0. The van der Waals surface area contributed by atoms with E-state index in [0.29, 0.717) is 0 Å². The number of unbranched alkanes of at least 4 members (excludes halogenated alkanes) is 1. The molecule has 1 radical (unpaired) electrons. The highest BCUT2D eigenvalue weighted by Gasteiger charge is 1.80. The molecular weight excluding hydrogens is 104 g/mol. The minimum Gasteiger partial charge on any atom is -0.162 e. The molecule has 0 unspecified atom stereocenters. The molecular formula is C6H13S. The first kappa shape index (κ1) is 7.35. The van der Waals surface area contributed by atoms with Crippen molar-refractivity contribution in [2.75, 3.05) is 11.5 Å². The summed E-state index contributed by atoms with van der Waals surface area (Å²) < 4.78 is 0. The normalized spacial score (nSPS) is 9.43. The fourth-order valence-corrected chi connectivity index (χ4v) is 1.04. The Hall–Kier alpha value is 0.350. The number of rotatable bonds is 4. The van der Waals surface area contributed by atoms with Gasteiger partial charge in [-0.05, 0) is 24.3 Å². The molecule has 0 atom stereocenters. The second kappa shape index (κ2) is 6.35. The van der Waals surface area contributed by atoms with Crippen molar-refractivity contribution in [2.24, 2.45) is 0 Å². The van der Waals surface area contributed by atoms with Crippen LogP contribution in [0.5, 0.6) is 0 Å². The van der Waals surface area contributed by atoms with E-state index in [-0.39, 0.29) is 0 Å². The summed E-state index contributed by atoms with van der Waals surface area (Å²) in [6.07, 6.45) is 3.47. The molecule has 0 saturated heterocycles. The molecule has 0 saturated carbocycles. The van der Waals surface area contributed by atoms with Gasteiger partial charge < -0.3 is 0 Å². The lowest BCUT2D eigenvalue weighted by Gasteiger charge is -1.90. The third kappa shape index (κ3) is 6.35. The van der Waals surface area contributed by atoms with Crippen LogP contribution >= 0.6 is 11.8 Å². The molecule has 0 aliphatic carbocycles. The molecule has 43 valence electrons. The van der Waals surface area contributed by atoms with E-state index in [1.165, 1.54) is 17.9 Å². The van der Waals surface area contributed by atoms with Crippen molar-refractivity contribution in [1.82, 2.24) is 0 Å². The number of hydrogen-bond acceptors (Lipinski definition) is 1. The van der Waals surface area contributed by atoms with Crippen molar-refractivity contribution in [2.45, 2.75) is 20.3 Å². The van der Waals surface area contributed by atoms with Crippen molar-refractivity contribution in [3.8, 4) is 0 Å². The standard InChI is InChI=1S/C6H13S/c1-3-5-6-7-4-2/h3H,4-6H2,1-2H3. The van der Waals surface area contributed by atoms with Crippen LogP contribution in [0.2, 0.25) is 0 Å². The Morgan fingerprint density at radius 1 is 1.57 bits per heavy atom. The maximum absolute atomic E-state index is 2.21. The van der Waals surface area contributed by atoms with Crippen LogP contribution < -0.4 is 0 Å². The van der Waals surface area contributed by atoms with Crippen molar-refractivity contribution < 1.29 is 0 Å². The maximum atomic E-state index is 2.21. The van der Waals surface area contributed by atoms with Gasteiger partial charge in [0.2, 0.25) is 0 Å². The summed E-state index contributed by atoms with van der Waals surface area (Å²) in [6, 6.07) is 0. The Balaban J connectivity index is 2.45. The molecule has 0 aromatic carbocycles. The van der Waals surface area contributed by atoms with E-state index in [2.05, 4.69) is 20.3 Å². The van der Waals surface area contributed by atoms with Crippen LogP contribution in [-0.4, -0.2) is 11.5 Å². The zero-order valence-corrected chi connectivity index (χ0v) is 5.92. The molecule has 1 heteroatoms. The van der Waals surface area contributed by atoms with E-state index in [1.54, 1.807) is 0 Å². The zero-order valence-electron chi connectivity index (χ0n) is 5.11. The SMILES string of the molecule is C[CH]CCSCC. The predicted octanol–water partition coefficient (Wildman–Crippen LogP) is 2.35. The topological polar surface area (TPSA) is 0 Å². The minimum atomic E-state index is 1.26. The van der Waals surface area contributed by atoms with Crippen LogP contribution in [0.25, 0.3) is 0 Å². The molecule has 0 bridgehead atoms. The van der Waals surface area contributed by atoms with Gasteiger partial charge in [-0.3, -0.25) is 0 Å². The fraction of sp³-hybridized carbons (Fsp3) is 0.833. The first-order valence-electron chi connectivity index (χ1n) is 2.77. The molecule has 0 heterocycles. The Labute approximate surface area is 50.7 Å². The van der Waals surface area contributed by atoms with Gasteiger partial charge in [-0.1, -0.05) is 13.8 Å². The lowest BCUT2D eigenvalue weighted by Crippen LogP contribution is -1.76.